The SMILES string of the molecule is O=C(CCc1ccc(OC(F)F)cc1)NCC(C(=O)O)C1CCOCC1. The Kier molecular flexibility index (Phi) is 7.77. The zero-order valence-electron chi connectivity index (χ0n) is 14.3. The van der Waals surface area contributed by atoms with E-state index in [0.717, 1.165) is 5.56 Å². The molecule has 1 aromatic rings. The van der Waals surface area contributed by atoms with E-state index in [2.05, 4.69) is 10.1 Å². The van der Waals surface area contributed by atoms with E-state index in [-0.39, 0.29) is 30.5 Å². The summed E-state index contributed by atoms with van der Waals surface area (Å²) in [5.74, 6) is -1.70. The molecule has 0 bridgehead atoms. The number of rotatable bonds is 9. The van der Waals surface area contributed by atoms with Crippen LogP contribution in [0.1, 0.15) is 24.8 Å². The van der Waals surface area contributed by atoms with Gasteiger partial charge in [0.15, 0.2) is 0 Å². The summed E-state index contributed by atoms with van der Waals surface area (Å²) in [5, 5.41) is 12.1. The highest BCUT2D eigenvalue weighted by Crippen LogP contribution is 2.23. The quantitative estimate of drug-likeness (QED) is 0.697. The van der Waals surface area contributed by atoms with Crippen molar-refractivity contribution in [2.24, 2.45) is 11.8 Å². The third-order valence-electron chi connectivity index (χ3n) is 4.46. The van der Waals surface area contributed by atoms with Crippen molar-refractivity contribution in [1.29, 1.82) is 0 Å². The number of carboxylic acids is 1. The molecule has 1 aliphatic heterocycles. The largest absolute Gasteiger partial charge is 0.481 e. The molecule has 1 aromatic carbocycles. The third-order valence-corrected chi connectivity index (χ3v) is 4.46. The van der Waals surface area contributed by atoms with Crippen LogP contribution < -0.4 is 10.1 Å². The first kappa shape index (κ1) is 20.1. The Balaban J connectivity index is 1.76. The number of amides is 1. The molecule has 8 heteroatoms. The van der Waals surface area contributed by atoms with Gasteiger partial charge in [-0.15, -0.1) is 0 Å². The molecule has 1 heterocycles. The van der Waals surface area contributed by atoms with Crippen molar-refractivity contribution in [2.45, 2.75) is 32.3 Å². The van der Waals surface area contributed by atoms with Gasteiger partial charge in [-0.2, -0.15) is 8.78 Å². The number of carbonyl (C=O) groups excluding carboxylic acids is 1. The highest BCUT2D eigenvalue weighted by molar-refractivity contribution is 5.77. The number of carboxylic acid groups (broad SMARTS) is 1. The van der Waals surface area contributed by atoms with E-state index >= 15 is 0 Å². The molecule has 1 unspecified atom stereocenters. The van der Waals surface area contributed by atoms with Crippen molar-refractivity contribution < 1.29 is 33.0 Å². The first-order valence-corrected chi connectivity index (χ1v) is 8.56. The van der Waals surface area contributed by atoms with Crippen LogP contribution in [0.5, 0.6) is 5.75 Å². The maximum atomic E-state index is 12.1. The Labute approximate surface area is 150 Å². The summed E-state index contributed by atoms with van der Waals surface area (Å²) in [4.78, 5) is 23.4. The summed E-state index contributed by atoms with van der Waals surface area (Å²) in [6.45, 7) is -1.68. The second-order valence-corrected chi connectivity index (χ2v) is 6.22. The number of benzene rings is 1. The minimum absolute atomic E-state index is 0.00364. The molecule has 1 fully saturated rings. The maximum absolute atomic E-state index is 12.1. The van der Waals surface area contributed by atoms with E-state index in [9.17, 15) is 23.5 Å². The summed E-state index contributed by atoms with van der Waals surface area (Å²) in [6.07, 6.45) is 1.98. The minimum atomic E-state index is -2.87. The topological polar surface area (TPSA) is 84.9 Å². The summed E-state index contributed by atoms with van der Waals surface area (Å²) < 4.78 is 33.7. The molecule has 6 nitrogen and oxygen atoms in total. The fourth-order valence-electron chi connectivity index (χ4n) is 2.98. The zero-order chi connectivity index (χ0) is 18.9. The van der Waals surface area contributed by atoms with Crippen LogP contribution in [0.2, 0.25) is 0 Å². The van der Waals surface area contributed by atoms with Crippen LogP contribution in [0.25, 0.3) is 0 Å². The Bertz CT molecular complexity index is 588. The van der Waals surface area contributed by atoms with Gasteiger partial charge in [-0.25, -0.2) is 0 Å². The number of aryl methyl sites for hydroxylation is 1. The molecule has 0 spiro atoms. The molecule has 0 aromatic heterocycles. The molecule has 1 atom stereocenters. The number of alkyl halides is 2. The Morgan fingerprint density at radius 1 is 1.23 bits per heavy atom. The van der Waals surface area contributed by atoms with Crippen LogP contribution in [-0.2, 0) is 20.7 Å². The number of ether oxygens (including phenoxy) is 2. The zero-order valence-corrected chi connectivity index (χ0v) is 14.3. The van der Waals surface area contributed by atoms with Crippen LogP contribution in [0, 0.1) is 11.8 Å². The molecule has 144 valence electrons. The Hall–Kier alpha value is -2.22. The molecule has 2 N–H and O–H groups in total. The van der Waals surface area contributed by atoms with Gasteiger partial charge in [-0.05, 0) is 42.9 Å². The molecule has 1 aliphatic rings. The van der Waals surface area contributed by atoms with Gasteiger partial charge >= 0.3 is 12.6 Å². The van der Waals surface area contributed by atoms with E-state index in [4.69, 9.17) is 4.74 Å². The summed E-state index contributed by atoms with van der Waals surface area (Å²) in [7, 11) is 0. The normalized spacial score (nSPS) is 16.3. The van der Waals surface area contributed by atoms with E-state index < -0.39 is 18.5 Å². The molecular formula is C18H23F2NO5. The second kappa shape index (κ2) is 10.1. The van der Waals surface area contributed by atoms with Gasteiger partial charge in [0.25, 0.3) is 0 Å². The summed E-state index contributed by atoms with van der Waals surface area (Å²) in [5.41, 5.74) is 0.806. The standard InChI is InChI=1S/C18H23F2NO5/c19-18(20)26-14-4-1-12(2-5-14)3-6-16(22)21-11-15(17(23)24)13-7-9-25-10-8-13/h1-2,4-5,13,15,18H,3,6-11H2,(H,21,22)(H,23,24). The van der Waals surface area contributed by atoms with Crippen molar-refractivity contribution in [3.05, 3.63) is 29.8 Å². The number of carbonyl (C=O) groups is 2. The number of hydrogen-bond donors (Lipinski definition) is 2. The highest BCUT2D eigenvalue weighted by Gasteiger charge is 2.29. The fourth-order valence-corrected chi connectivity index (χ4v) is 2.98. The number of hydrogen-bond acceptors (Lipinski definition) is 4. The number of nitrogens with one attached hydrogen (secondary N) is 1. The van der Waals surface area contributed by atoms with Crippen molar-refractivity contribution in [3.8, 4) is 5.75 Å². The molecule has 0 radical (unpaired) electrons. The van der Waals surface area contributed by atoms with Gasteiger partial charge in [0.1, 0.15) is 5.75 Å². The second-order valence-electron chi connectivity index (χ2n) is 6.22. The molecule has 1 saturated heterocycles. The first-order chi connectivity index (χ1) is 12.5. The molecule has 0 saturated carbocycles. The van der Waals surface area contributed by atoms with Crippen molar-refractivity contribution in [2.75, 3.05) is 19.8 Å². The number of halogens is 2. The summed E-state index contributed by atoms with van der Waals surface area (Å²) >= 11 is 0. The van der Waals surface area contributed by atoms with Gasteiger partial charge in [-0.3, -0.25) is 9.59 Å². The monoisotopic (exact) mass is 371 g/mol. The van der Waals surface area contributed by atoms with E-state index in [1.54, 1.807) is 12.1 Å². The predicted molar refractivity (Wildman–Crippen MR) is 89.1 cm³/mol. The third kappa shape index (κ3) is 6.59. The van der Waals surface area contributed by atoms with Gasteiger partial charge in [-0.1, -0.05) is 12.1 Å². The van der Waals surface area contributed by atoms with Crippen molar-refractivity contribution in [3.63, 3.8) is 0 Å². The predicted octanol–water partition coefficient (Wildman–Crippen LogP) is 2.46. The van der Waals surface area contributed by atoms with E-state index in [1.165, 1.54) is 12.1 Å². The smallest absolute Gasteiger partial charge is 0.387 e. The van der Waals surface area contributed by atoms with Crippen molar-refractivity contribution in [1.82, 2.24) is 5.32 Å². The van der Waals surface area contributed by atoms with E-state index in [1.807, 2.05) is 0 Å². The first-order valence-electron chi connectivity index (χ1n) is 8.56. The average molecular weight is 371 g/mol. The Morgan fingerprint density at radius 3 is 2.46 bits per heavy atom. The van der Waals surface area contributed by atoms with Gasteiger partial charge in [0.2, 0.25) is 5.91 Å². The van der Waals surface area contributed by atoms with E-state index in [0.29, 0.717) is 32.5 Å². The lowest BCUT2D eigenvalue weighted by molar-refractivity contribution is -0.145. The lowest BCUT2D eigenvalue weighted by Gasteiger charge is -2.27. The minimum Gasteiger partial charge on any atom is -0.481 e. The lowest BCUT2D eigenvalue weighted by atomic mass is 9.86. The Morgan fingerprint density at radius 2 is 1.88 bits per heavy atom. The maximum Gasteiger partial charge on any atom is 0.387 e. The van der Waals surface area contributed by atoms with Crippen molar-refractivity contribution >= 4 is 11.9 Å². The van der Waals surface area contributed by atoms with Gasteiger partial charge < -0.3 is 19.9 Å². The molecule has 26 heavy (non-hydrogen) atoms. The lowest BCUT2D eigenvalue weighted by Crippen LogP contribution is -2.39. The van der Waals surface area contributed by atoms with Crippen LogP contribution in [0.15, 0.2) is 24.3 Å². The highest BCUT2D eigenvalue weighted by atomic mass is 19.3. The van der Waals surface area contributed by atoms with Gasteiger partial charge in [0, 0.05) is 26.2 Å². The van der Waals surface area contributed by atoms with Crippen LogP contribution in [-0.4, -0.2) is 43.4 Å². The molecule has 1 amide bonds. The van der Waals surface area contributed by atoms with Crippen LogP contribution >= 0.6 is 0 Å². The molecule has 0 aliphatic carbocycles. The molecular weight excluding hydrogens is 348 g/mol. The fraction of sp³-hybridized carbons (Fsp3) is 0.556. The van der Waals surface area contributed by atoms with Gasteiger partial charge in [0.05, 0.1) is 5.92 Å². The molecule has 2 rings (SSSR count). The average Bonchev–Trinajstić information content (AvgIpc) is 2.61. The van der Waals surface area contributed by atoms with Crippen LogP contribution in [0.3, 0.4) is 0 Å². The van der Waals surface area contributed by atoms with Crippen LogP contribution in [0.4, 0.5) is 8.78 Å². The summed E-state index contributed by atoms with van der Waals surface area (Å²) in [6, 6.07) is 6.08. The number of aliphatic carboxylic acids is 1.